The van der Waals surface area contributed by atoms with Crippen LogP contribution in [-0.2, 0) is 11.3 Å². The number of fused-ring (bicyclic) bond motifs is 1. The molecule has 2 aromatic carbocycles. The van der Waals surface area contributed by atoms with E-state index in [0.29, 0.717) is 24.5 Å². The van der Waals surface area contributed by atoms with Crippen LogP contribution in [0.1, 0.15) is 41.6 Å². The molecule has 0 fully saturated rings. The zero-order valence-electron chi connectivity index (χ0n) is 14.3. The number of carbonyl (C=O) groups excluding carboxylic acids is 1. The molecule has 3 aromatic rings. The standard InChI is InChI=1S/C20H20BrNO3/c1-3-24-20(23)19-17(16-11-15(21)9-10-18(16)25-19)12-22-13(2)14-7-5-4-6-8-14/h4-11,13,22H,3,12H2,1-2H3/p+1/t13-/m0/s1. The van der Waals surface area contributed by atoms with Gasteiger partial charge in [-0.2, -0.15) is 0 Å². The number of furan rings is 1. The van der Waals surface area contributed by atoms with E-state index < -0.39 is 5.97 Å². The predicted octanol–water partition coefficient (Wildman–Crippen LogP) is 4.20. The second-order valence-corrected chi connectivity index (χ2v) is 6.83. The van der Waals surface area contributed by atoms with Crippen LogP contribution in [0.25, 0.3) is 11.0 Å². The second kappa shape index (κ2) is 7.85. The summed E-state index contributed by atoms with van der Waals surface area (Å²) >= 11 is 3.49. The minimum Gasteiger partial charge on any atom is -0.460 e. The molecule has 25 heavy (non-hydrogen) atoms. The van der Waals surface area contributed by atoms with Crippen LogP contribution >= 0.6 is 15.9 Å². The van der Waals surface area contributed by atoms with Crippen LogP contribution in [0.5, 0.6) is 0 Å². The maximum absolute atomic E-state index is 12.3. The van der Waals surface area contributed by atoms with Gasteiger partial charge in [0.25, 0.3) is 0 Å². The first-order valence-corrected chi connectivity index (χ1v) is 9.15. The Kier molecular flexibility index (Phi) is 5.56. The highest BCUT2D eigenvalue weighted by atomic mass is 79.9. The zero-order chi connectivity index (χ0) is 17.8. The van der Waals surface area contributed by atoms with Crippen molar-refractivity contribution in [3.05, 3.63) is 69.9 Å². The number of rotatable bonds is 6. The molecule has 0 amide bonds. The number of ether oxygens (including phenoxy) is 1. The number of hydrogen-bond acceptors (Lipinski definition) is 3. The Bertz CT molecular complexity index is 873. The number of carbonyl (C=O) groups is 1. The van der Waals surface area contributed by atoms with E-state index in [4.69, 9.17) is 9.15 Å². The van der Waals surface area contributed by atoms with Crippen LogP contribution in [0.15, 0.2) is 57.4 Å². The Morgan fingerprint density at radius 1 is 1.24 bits per heavy atom. The molecule has 0 radical (unpaired) electrons. The van der Waals surface area contributed by atoms with Crippen LogP contribution in [-0.4, -0.2) is 12.6 Å². The van der Waals surface area contributed by atoms with Crippen molar-refractivity contribution in [2.45, 2.75) is 26.4 Å². The molecule has 1 aromatic heterocycles. The lowest BCUT2D eigenvalue weighted by Gasteiger charge is -2.11. The summed E-state index contributed by atoms with van der Waals surface area (Å²) in [7, 11) is 0. The first-order valence-electron chi connectivity index (χ1n) is 8.36. The largest absolute Gasteiger partial charge is 0.460 e. The van der Waals surface area contributed by atoms with Crippen molar-refractivity contribution in [1.29, 1.82) is 0 Å². The van der Waals surface area contributed by atoms with Crippen LogP contribution in [0.4, 0.5) is 0 Å². The van der Waals surface area contributed by atoms with E-state index in [0.717, 1.165) is 15.4 Å². The first-order chi connectivity index (χ1) is 12.1. The highest BCUT2D eigenvalue weighted by Crippen LogP contribution is 2.29. The third-order valence-electron chi connectivity index (χ3n) is 4.21. The summed E-state index contributed by atoms with van der Waals surface area (Å²) in [5.41, 5.74) is 2.81. The van der Waals surface area contributed by atoms with E-state index in [9.17, 15) is 4.79 Å². The fraction of sp³-hybridized carbons (Fsp3) is 0.250. The van der Waals surface area contributed by atoms with Gasteiger partial charge in [-0.1, -0.05) is 46.3 Å². The number of quaternary nitrogens is 1. The highest BCUT2D eigenvalue weighted by molar-refractivity contribution is 9.10. The summed E-state index contributed by atoms with van der Waals surface area (Å²) in [6.07, 6.45) is 0. The average Bonchev–Trinajstić information content (AvgIpc) is 2.98. The topological polar surface area (TPSA) is 56.0 Å². The number of halogens is 1. The molecule has 130 valence electrons. The Balaban J connectivity index is 1.91. The molecule has 2 N–H and O–H groups in total. The van der Waals surface area contributed by atoms with E-state index >= 15 is 0 Å². The first kappa shape index (κ1) is 17.7. The monoisotopic (exact) mass is 402 g/mol. The highest BCUT2D eigenvalue weighted by Gasteiger charge is 2.23. The third kappa shape index (κ3) is 3.94. The summed E-state index contributed by atoms with van der Waals surface area (Å²) in [6, 6.07) is 16.3. The Hall–Kier alpha value is -2.11. The molecule has 4 nitrogen and oxygen atoms in total. The van der Waals surface area contributed by atoms with Gasteiger partial charge in [0.2, 0.25) is 5.76 Å². The number of benzene rings is 2. The maximum Gasteiger partial charge on any atom is 0.374 e. The predicted molar refractivity (Wildman–Crippen MR) is 100 cm³/mol. The molecule has 0 aliphatic rings. The third-order valence-corrected chi connectivity index (χ3v) is 4.71. The van der Waals surface area contributed by atoms with E-state index in [2.05, 4.69) is 40.3 Å². The van der Waals surface area contributed by atoms with Crippen LogP contribution < -0.4 is 5.32 Å². The smallest absolute Gasteiger partial charge is 0.374 e. The van der Waals surface area contributed by atoms with Crippen molar-refractivity contribution in [2.24, 2.45) is 0 Å². The van der Waals surface area contributed by atoms with Gasteiger partial charge >= 0.3 is 5.97 Å². The number of esters is 1. The lowest BCUT2D eigenvalue weighted by atomic mass is 10.1. The molecule has 0 spiro atoms. The lowest BCUT2D eigenvalue weighted by molar-refractivity contribution is -0.707. The van der Waals surface area contributed by atoms with Crippen molar-refractivity contribution < 1.29 is 19.3 Å². The Morgan fingerprint density at radius 3 is 2.72 bits per heavy atom. The Morgan fingerprint density at radius 2 is 2.00 bits per heavy atom. The SMILES string of the molecule is CCOC(=O)c1oc2ccc(Br)cc2c1C[NH2+][C@@H](C)c1ccccc1. The minimum absolute atomic E-state index is 0.272. The lowest BCUT2D eigenvalue weighted by Crippen LogP contribution is -2.83. The maximum atomic E-state index is 12.3. The molecule has 1 atom stereocenters. The van der Waals surface area contributed by atoms with Crippen LogP contribution in [0.3, 0.4) is 0 Å². The van der Waals surface area contributed by atoms with Crippen molar-refractivity contribution in [1.82, 2.24) is 0 Å². The minimum atomic E-state index is -0.411. The summed E-state index contributed by atoms with van der Waals surface area (Å²) in [6.45, 7) is 4.90. The summed E-state index contributed by atoms with van der Waals surface area (Å²) in [5.74, 6) is -0.114. The van der Waals surface area contributed by atoms with Crippen molar-refractivity contribution in [2.75, 3.05) is 6.61 Å². The van der Waals surface area contributed by atoms with Gasteiger partial charge in [-0.3, -0.25) is 0 Å². The van der Waals surface area contributed by atoms with Gasteiger partial charge < -0.3 is 14.5 Å². The molecule has 0 saturated carbocycles. The van der Waals surface area contributed by atoms with Crippen molar-refractivity contribution in [3.63, 3.8) is 0 Å². The fourth-order valence-electron chi connectivity index (χ4n) is 2.87. The Labute approximate surface area is 155 Å². The fourth-order valence-corrected chi connectivity index (χ4v) is 3.23. The number of nitrogens with two attached hydrogens (primary N) is 1. The van der Waals surface area contributed by atoms with Gasteiger partial charge in [0, 0.05) is 15.4 Å². The van der Waals surface area contributed by atoms with Gasteiger partial charge in [-0.05, 0) is 32.0 Å². The molecule has 0 bridgehead atoms. The molecule has 0 aliphatic carbocycles. The average molecular weight is 403 g/mol. The zero-order valence-corrected chi connectivity index (χ0v) is 15.9. The van der Waals surface area contributed by atoms with Gasteiger partial charge in [0.05, 0.1) is 12.2 Å². The van der Waals surface area contributed by atoms with Crippen molar-refractivity contribution in [3.8, 4) is 0 Å². The van der Waals surface area contributed by atoms with Crippen LogP contribution in [0.2, 0.25) is 0 Å². The van der Waals surface area contributed by atoms with Gasteiger partial charge in [-0.15, -0.1) is 0 Å². The van der Waals surface area contributed by atoms with E-state index in [1.165, 1.54) is 5.56 Å². The van der Waals surface area contributed by atoms with E-state index in [1.54, 1.807) is 6.92 Å². The van der Waals surface area contributed by atoms with Crippen LogP contribution in [0, 0.1) is 0 Å². The number of hydrogen-bond donors (Lipinski definition) is 1. The molecule has 0 unspecified atom stereocenters. The molecule has 0 aliphatic heterocycles. The van der Waals surface area contributed by atoms with Gasteiger partial charge in [0.15, 0.2) is 0 Å². The van der Waals surface area contributed by atoms with Crippen molar-refractivity contribution >= 4 is 32.9 Å². The van der Waals surface area contributed by atoms with Gasteiger partial charge in [-0.25, -0.2) is 4.79 Å². The second-order valence-electron chi connectivity index (χ2n) is 5.91. The van der Waals surface area contributed by atoms with E-state index in [-0.39, 0.29) is 6.04 Å². The van der Waals surface area contributed by atoms with Gasteiger partial charge in [0.1, 0.15) is 18.2 Å². The normalized spacial score (nSPS) is 12.3. The van der Waals surface area contributed by atoms with E-state index in [1.807, 2.05) is 36.4 Å². The molecular weight excluding hydrogens is 382 g/mol. The molecule has 1 heterocycles. The molecular formula is C20H21BrNO3+. The summed E-state index contributed by atoms with van der Waals surface area (Å²) < 4.78 is 11.9. The molecule has 0 saturated heterocycles. The summed E-state index contributed by atoms with van der Waals surface area (Å²) in [4.78, 5) is 12.3. The summed E-state index contributed by atoms with van der Waals surface area (Å²) in [5, 5.41) is 3.14. The molecule has 5 heteroatoms. The molecule has 3 rings (SSSR count). The quantitative estimate of drug-likeness (QED) is 0.628.